The highest BCUT2D eigenvalue weighted by atomic mass is 16.6. The van der Waals surface area contributed by atoms with Crippen LogP contribution in [-0.2, 0) is 32.5 Å². The number of rotatable bonds is 13. The average Bonchev–Trinajstić information content (AvgIpc) is 3.11. The van der Waals surface area contributed by atoms with Crippen LogP contribution < -0.4 is 9.64 Å². The molecule has 1 aliphatic carbocycles. The second-order valence-corrected chi connectivity index (χ2v) is 14.4. The van der Waals surface area contributed by atoms with Crippen LogP contribution in [0.25, 0.3) is 11.3 Å². The van der Waals surface area contributed by atoms with Crippen molar-refractivity contribution in [2.75, 3.05) is 31.8 Å². The van der Waals surface area contributed by atoms with Crippen molar-refractivity contribution in [2.24, 2.45) is 5.92 Å². The van der Waals surface area contributed by atoms with Gasteiger partial charge in [-0.15, -0.1) is 0 Å². The number of anilines is 1. The Morgan fingerprint density at radius 3 is 2.24 bits per heavy atom. The monoisotopic (exact) mass is 679 g/mol. The molecular formula is C39H49N7O4. The molecule has 1 aliphatic heterocycles. The summed E-state index contributed by atoms with van der Waals surface area (Å²) in [4.78, 5) is 44.2. The summed E-state index contributed by atoms with van der Waals surface area (Å²) < 4.78 is 17.1. The van der Waals surface area contributed by atoms with Crippen LogP contribution in [0, 0.1) is 5.92 Å². The summed E-state index contributed by atoms with van der Waals surface area (Å²) in [7, 11) is 1.68. The molecule has 0 unspecified atom stereocenters. The van der Waals surface area contributed by atoms with E-state index in [-0.39, 0.29) is 29.4 Å². The molecule has 2 fully saturated rings. The van der Waals surface area contributed by atoms with Gasteiger partial charge in [-0.25, -0.2) is 19.9 Å². The lowest BCUT2D eigenvalue weighted by molar-refractivity contribution is -0.120. The molecule has 11 heteroatoms. The van der Waals surface area contributed by atoms with Gasteiger partial charge in [0, 0.05) is 68.0 Å². The van der Waals surface area contributed by atoms with E-state index in [0.29, 0.717) is 49.6 Å². The van der Waals surface area contributed by atoms with Gasteiger partial charge in [0.05, 0.1) is 37.9 Å². The van der Waals surface area contributed by atoms with Crippen LogP contribution in [0.4, 0.5) is 5.82 Å². The first kappa shape index (κ1) is 35.5. The highest BCUT2D eigenvalue weighted by Crippen LogP contribution is 2.35. The molecule has 1 saturated heterocycles. The maximum absolute atomic E-state index is 14.3. The van der Waals surface area contributed by atoms with Crippen molar-refractivity contribution in [3.63, 3.8) is 0 Å². The fourth-order valence-corrected chi connectivity index (χ4v) is 6.70. The first-order chi connectivity index (χ1) is 24.2. The zero-order chi connectivity index (χ0) is 35.1. The minimum atomic E-state index is -0.135. The second kappa shape index (κ2) is 16.1. The standard InChI is InChI=1S/C39H49N7O4/c1-6-34-41-18-29(19-42-34)33-21-44-36(22-40-33)46(37(47)17-28(23-48-5)27-10-8-7-9-11-27)30-14-12-26(13-15-30)16-35-43-20-32(39(2,3)4)38(45-35)50-31-24-49-25-31/h7-11,18-22,26,28,30-31H,6,12-17,23-25H2,1-5H3/t26?,28-,30?/m0/s1. The van der Waals surface area contributed by atoms with E-state index in [1.807, 2.05) is 36.2 Å². The second-order valence-electron chi connectivity index (χ2n) is 14.4. The Labute approximate surface area is 295 Å². The normalized spacial score (nSPS) is 18.7. The third-order valence-electron chi connectivity index (χ3n) is 9.68. The number of carbonyl (C=O) groups excluding carboxylic acids is 1. The first-order valence-corrected chi connectivity index (χ1v) is 17.8. The van der Waals surface area contributed by atoms with Crippen LogP contribution in [0.2, 0.25) is 0 Å². The predicted octanol–water partition coefficient (Wildman–Crippen LogP) is 6.32. The van der Waals surface area contributed by atoms with E-state index in [0.717, 1.165) is 66.9 Å². The zero-order valence-corrected chi connectivity index (χ0v) is 29.9. The zero-order valence-electron chi connectivity index (χ0n) is 29.9. The Kier molecular flexibility index (Phi) is 11.4. The maximum atomic E-state index is 14.3. The molecule has 0 spiro atoms. The van der Waals surface area contributed by atoms with E-state index in [2.05, 4.69) is 42.9 Å². The van der Waals surface area contributed by atoms with Crippen molar-refractivity contribution in [1.29, 1.82) is 0 Å². The van der Waals surface area contributed by atoms with Crippen LogP contribution in [0.5, 0.6) is 5.88 Å². The van der Waals surface area contributed by atoms with Crippen LogP contribution in [0.3, 0.4) is 0 Å². The van der Waals surface area contributed by atoms with E-state index in [1.165, 1.54) is 0 Å². The van der Waals surface area contributed by atoms with E-state index >= 15 is 0 Å². The lowest BCUT2D eigenvalue weighted by Gasteiger charge is -2.37. The van der Waals surface area contributed by atoms with Crippen molar-refractivity contribution >= 4 is 11.7 Å². The predicted molar refractivity (Wildman–Crippen MR) is 191 cm³/mol. The van der Waals surface area contributed by atoms with E-state index in [4.69, 9.17) is 34.1 Å². The van der Waals surface area contributed by atoms with E-state index < -0.39 is 0 Å². The van der Waals surface area contributed by atoms with Gasteiger partial charge in [0.2, 0.25) is 11.8 Å². The summed E-state index contributed by atoms with van der Waals surface area (Å²) in [5, 5.41) is 0. The number of aromatic nitrogens is 6. The number of benzene rings is 1. The molecule has 2 aliphatic rings. The Morgan fingerprint density at radius 1 is 0.920 bits per heavy atom. The molecule has 4 heterocycles. The van der Waals surface area contributed by atoms with Crippen molar-refractivity contribution in [1.82, 2.24) is 29.9 Å². The topological polar surface area (TPSA) is 125 Å². The lowest BCUT2D eigenvalue weighted by Crippen LogP contribution is -2.44. The van der Waals surface area contributed by atoms with Gasteiger partial charge in [-0.2, -0.15) is 4.98 Å². The van der Waals surface area contributed by atoms with Gasteiger partial charge in [-0.3, -0.25) is 14.7 Å². The van der Waals surface area contributed by atoms with Gasteiger partial charge in [-0.05, 0) is 42.6 Å². The van der Waals surface area contributed by atoms with Crippen LogP contribution in [0.15, 0.2) is 61.3 Å². The lowest BCUT2D eigenvalue weighted by atomic mass is 9.83. The SMILES string of the molecule is CCc1ncc(-c2cnc(N(C(=O)C[C@@H](COC)c3ccccc3)C3CCC(Cc4ncc(C(C)(C)C)c(OC5COC5)n4)CC3)cn2)cn1. The fraction of sp³-hybridized carbons (Fsp3) is 0.513. The first-order valence-electron chi connectivity index (χ1n) is 17.8. The van der Waals surface area contributed by atoms with Gasteiger partial charge in [0.25, 0.3) is 0 Å². The number of methoxy groups -OCH3 is 1. The fourth-order valence-electron chi connectivity index (χ4n) is 6.70. The average molecular weight is 680 g/mol. The van der Waals surface area contributed by atoms with Gasteiger partial charge in [0.15, 0.2) is 5.82 Å². The summed E-state index contributed by atoms with van der Waals surface area (Å²) in [5.41, 5.74) is 3.40. The molecule has 3 aromatic heterocycles. The molecule has 264 valence electrons. The number of amides is 1. The molecule has 0 bridgehead atoms. The van der Waals surface area contributed by atoms with E-state index in [9.17, 15) is 4.79 Å². The summed E-state index contributed by atoms with van der Waals surface area (Å²) in [5.74, 6) is 3.13. The molecule has 0 radical (unpaired) electrons. The molecule has 1 aromatic carbocycles. The molecular weight excluding hydrogens is 630 g/mol. The molecule has 11 nitrogen and oxygen atoms in total. The molecule has 50 heavy (non-hydrogen) atoms. The quantitative estimate of drug-likeness (QED) is 0.159. The highest BCUT2D eigenvalue weighted by molar-refractivity contribution is 5.93. The molecule has 1 amide bonds. The number of ether oxygens (including phenoxy) is 3. The smallest absolute Gasteiger partial charge is 0.229 e. The van der Waals surface area contributed by atoms with Crippen molar-refractivity contribution in [3.05, 3.63) is 84.1 Å². The van der Waals surface area contributed by atoms with E-state index in [1.54, 1.807) is 31.9 Å². The van der Waals surface area contributed by atoms with Gasteiger partial charge in [-0.1, -0.05) is 58.0 Å². The molecule has 0 N–H and O–H groups in total. The molecule has 6 rings (SSSR count). The Bertz CT molecular complexity index is 1680. The number of hydrogen-bond acceptors (Lipinski definition) is 10. The van der Waals surface area contributed by atoms with Gasteiger partial charge < -0.3 is 14.2 Å². The molecule has 1 atom stereocenters. The summed E-state index contributed by atoms with van der Waals surface area (Å²) in [6.07, 6.45) is 14.3. The van der Waals surface area contributed by atoms with Gasteiger partial charge >= 0.3 is 0 Å². The number of nitrogens with zero attached hydrogens (tertiary/aromatic N) is 7. The van der Waals surface area contributed by atoms with Crippen molar-refractivity contribution in [3.8, 4) is 17.1 Å². The summed E-state index contributed by atoms with van der Waals surface area (Å²) in [6, 6.07) is 10.1. The summed E-state index contributed by atoms with van der Waals surface area (Å²) in [6.45, 7) is 10.1. The Morgan fingerprint density at radius 2 is 1.64 bits per heavy atom. The number of carbonyl (C=O) groups is 1. The van der Waals surface area contributed by atoms with Crippen LogP contribution in [-0.4, -0.2) is 74.9 Å². The van der Waals surface area contributed by atoms with Crippen LogP contribution in [0.1, 0.15) is 88.5 Å². The highest BCUT2D eigenvalue weighted by Gasteiger charge is 2.33. The maximum Gasteiger partial charge on any atom is 0.229 e. The van der Waals surface area contributed by atoms with Crippen molar-refractivity contribution in [2.45, 2.75) is 96.1 Å². The third-order valence-corrected chi connectivity index (χ3v) is 9.68. The van der Waals surface area contributed by atoms with Gasteiger partial charge in [0.1, 0.15) is 17.8 Å². The number of hydrogen-bond donors (Lipinski definition) is 0. The number of aryl methyl sites for hydroxylation is 1. The Balaban J connectivity index is 1.19. The summed E-state index contributed by atoms with van der Waals surface area (Å²) >= 11 is 0. The van der Waals surface area contributed by atoms with Crippen molar-refractivity contribution < 1.29 is 19.0 Å². The molecule has 4 aromatic rings. The third kappa shape index (κ3) is 8.68. The Hall–Kier alpha value is -4.35. The molecule has 1 saturated carbocycles. The largest absolute Gasteiger partial charge is 0.469 e. The minimum Gasteiger partial charge on any atom is -0.469 e. The minimum absolute atomic E-state index is 0.00765. The van der Waals surface area contributed by atoms with Crippen LogP contribution >= 0.6 is 0 Å².